The first-order valence-corrected chi connectivity index (χ1v) is 7.15. The minimum atomic E-state index is -0.454. The monoisotopic (exact) mass is 434 g/mol. The van der Waals surface area contributed by atoms with Gasteiger partial charge in [0.15, 0.2) is 5.96 Å². The molecule has 23 heavy (non-hydrogen) atoms. The molecular formula is C16H21F2IN4. The number of benzene rings is 1. The van der Waals surface area contributed by atoms with Crippen LogP contribution in [0.25, 0.3) is 0 Å². The Morgan fingerprint density at radius 2 is 2.00 bits per heavy atom. The molecule has 7 heteroatoms. The number of aromatic nitrogens is 1. The molecule has 0 aliphatic carbocycles. The first kappa shape index (κ1) is 19.4. The minimum absolute atomic E-state index is 0. The van der Waals surface area contributed by atoms with Crippen molar-refractivity contribution in [1.82, 2.24) is 15.2 Å². The van der Waals surface area contributed by atoms with Crippen LogP contribution in [-0.2, 0) is 20.1 Å². The summed E-state index contributed by atoms with van der Waals surface area (Å²) in [6.45, 7) is 3.32. The van der Waals surface area contributed by atoms with E-state index in [1.165, 1.54) is 6.07 Å². The lowest BCUT2D eigenvalue weighted by molar-refractivity contribution is 0.581. The third-order valence-corrected chi connectivity index (χ3v) is 3.11. The van der Waals surface area contributed by atoms with Gasteiger partial charge in [-0.25, -0.2) is 13.8 Å². The van der Waals surface area contributed by atoms with Gasteiger partial charge in [0.1, 0.15) is 11.6 Å². The highest BCUT2D eigenvalue weighted by Gasteiger charge is 2.05. The minimum Gasteiger partial charge on any atom is -0.357 e. The number of hydrogen-bond donors (Lipinski definition) is 2. The Balaban J connectivity index is 0.00000264. The molecule has 0 aliphatic heterocycles. The van der Waals surface area contributed by atoms with Crippen molar-refractivity contribution >= 4 is 29.9 Å². The van der Waals surface area contributed by atoms with E-state index < -0.39 is 11.6 Å². The Morgan fingerprint density at radius 1 is 1.22 bits per heavy atom. The number of guanidine groups is 1. The van der Waals surface area contributed by atoms with E-state index in [0.29, 0.717) is 19.0 Å². The lowest BCUT2D eigenvalue weighted by Crippen LogP contribution is -2.37. The molecule has 126 valence electrons. The van der Waals surface area contributed by atoms with Crippen LogP contribution in [0.4, 0.5) is 8.78 Å². The fourth-order valence-electron chi connectivity index (χ4n) is 2.02. The first-order chi connectivity index (χ1) is 10.6. The summed E-state index contributed by atoms with van der Waals surface area (Å²) in [4.78, 5) is 4.43. The van der Waals surface area contributed by atoms with Crippen LogP contribution in [0.2, 0.25) is 0 Å². The van der Waals surface area contributed by atoms with Crippen molar-refractivity contribution in [1.29, 1.82) is 0 Å². The number of halogens is 3. The third kappa shape index (κ3) is 6.17. The van der Waals surface area contributed by atoms with Gasteiger partial charge in [0.2, 0.25) is 0 Å². The van der Waals surface area contributed by atoms with E-state index in [9.17, 15) is 8.78 Å². The van der Waals surface area contributed by atoms with Gasteiger partial charge >= 0.3 is 0 Å². The molecule has 2 aromatic rings. The summed E-state index contributed by atoms with van der Waals surface area (Å²) in [5.41, 5.74) is 1.35. The Morgan fingerprint density at radius 3 is 2.65 bits per heavy atom. The predicted molar refractivity (Wildman–Crippen MR) is 98.8 cm³/mol. The zero-order valence-electron chi connectivity index (χ0n) is 13.1. The number of nitrogens with zero attached hydrogens (tertiary/aromatic N) is 2. The summed E-state index contributed by atoms with van der Waals surface area (Å²) in [6.07, 6.45) is 3.94. The summed E-state index contributed by atoms with van der Waals surface area (Å²) in [5, 5.41) is 6.09. The average Bonchev–Trinajstić information content (AvgIpc) is 2.91. The van der Waals surface area contributed by atoms with Crippen molar-refractivity contribution in [3.63, 3.8) is 0 Å². The van der Waals surface area contributed by atoms with Crippen LogP contribution in [0.1, 0.15) is 18.1 Å². The second-order valence-electron chi connectivity index (χ2n) is 4.97. The van der Waals surface area contributed by atoms with Gasteiger partial charge in [0, 0.05) is 38.1 Å². The van der Waals surface area contributed by atoms with E-state index in [4.69, 9.17) is 0 Å². The van der Waals surface area contributed by atoms with Crippen molar-refractivity contribution in [3.8, 4) is 0 Å². The molecule has 4 nitrogen and oxygen atoms in total. The highest BCUT2D eigenvalue weighted by Crippen LogP contribution is 2.09. The van der Waals surface area contributed by atoms with E-state index in [0.717, 1.165) is 17.7 Å². The van der Waals surface area contributed by atoms with E-state index in [-0.39, 0.29) is 36.1 Å². The molecule has 0 fully saturated rings. The van der Waals surface area contributed by atoms with Crippen molar-refractivity contribution < 1.29 is 8.78 Å². The number of aryl methyl sites for hydroxylation is 1. The van der Waals surface area contributed by atoms with E-state index in [1.54, 1.807) is 0 Å². The lowest BCUT2D eigenvalue weighted by Gasteiger charge is -2.11. The van der Waals surface area contributed by atoms with E-state index in [2.05, 4.69) is 15.6 Å². The van der Waals surface area contributed by atoms with E-state index in [1.807, 2.05) is 37.0 Å². The third-order valence-electron chi connectivity index (χ3n) is 3.11. The molecule has 1 heterocycles. The van der Waals surface area contributed by atoms with Crippen LogP contribution in [-0.4, -0.2) is 17.1 Å². The largest absolute Gasteiger partial charge is 0.357 e. The molecule has 0 radical (unpaired) electrons. The zero-order valence-corrected chi connectivity index (χ0v) is 15.5. The molecule has 1 aromatic carbocycles. The molecule has 0 saturated heterocycles. The van der Waals surface area contributed by atoms with Crippen LogP contribution in [0.3, 0.4) is 0 Å². The van der Waals surface area contributed by atoms with Gasteiger partial charge in [-0.3, -0.25) is 0 Å². The van der Waals surface area contributed by atoms with Crippen molar-refractivity contribution in [2.75, 3.05) is 6.54 Å². The fourth-order valence-corrected chi connectivity index (χ4v) is 2.02. The van der Waals surface area contributed by atoms with Gasteiger partial charge in [0.05, 0.1) is 6.54 Å². The number of rotatable bonds is 5. The van der Waals surface area contributed by atoms with Crippen molar-refractivity contribution in [2.24, 2.45) is 12.0 Å². The normalized spacial score (nSPS) is 11.0. The van der Waals surface area contributed by atoms with E-state index >= 15 is 0 Å². The Hall–Kier alpha value is -1.64. The number of hydrogen-bond acceptors (Lipinski definition) is 1. The van der Waals surface area contributed by atoms with Gasteiger partial charge in [-0.1, -0.05) is 0 Å². The molecule has 2 N–H and O–H groups in total. The van der Waals surface area contributed by atoms with Crippen LogP contribution >= 0.6 is 24.0 Å². The Kier molecular flexibility index (Phi) is 8.01. The van der Waals surface area contributed by atoms with Crippen molar-refractivity contribution in [2.45, 2.75) is 20.0 Å². The second kappa shape index (κ2) is 9.49. The molecule has 1 aromatic heterocycles. The maximum Gasteiger partial charge on any atom is 0.191 e. The summed E-state index contributed by atoms with van der Waals surface area (Å²) in [5.74, 6) is -0.327. The summed E-state index contributed by atoms with van der Waals surface area (Å²) in [6, 6.07) is 5.40. The quantitative estimate of drug-likeness (QED) is 0.432. The van der Waals surface area contributed by atoms with Gasteiger partial charge < -0.3 is 15.2 Å². The zero-order chi connectivity index (χ0) is 15.9. The molecule has 0 atom stereocenters. The van der Waals surface area contributed by atoms with Gasteiger partial charge in [-0.05, 0) is 36.8 Å². The SMILES string of the molecule is CCNC(=NCc1ccn(C)c1)NCc1cc(F)ccc1F.I. The average molecular weight is 434 g/mol. The second-order valence-corrected chi connectivity index (χ2v) is 4.97. The molecule has 0 amide bonds. The van der Waals surface area contributed by atoms with Crippen molar-refractivity contribution in [3.05, 3.63) is 59.4 Å². The molecule has 0 bridgehead atoms. The highest BCUT2D eigenvalue weighted by molar-refractivity contribution is 14.0. The number of aliphatic imine (C=N–C) groups is 1. The molecular weight excluding hydrogens is 413 g/mol. The molecule has 0 saturated carbocycles. The molecule has 0 unspecified atom stereocenters. The Labute approximate surface area is 152 Å². The van der Waals surface area contributed by atoms with Gasteiger partial charge in [-0.15, -0.1) is 24.0 Å². The van der Waals surface area contributed by atoms with Crippen LogP contribution < -0.4 is 10.6 Å². The standard InChI is InChI=1S/C16H20F2N4.HI/c1-3-19-16(20-9-12-6-7-22(2)11-12)21-10-13-8-14(17)4-5-15(13)18;/h4-8,11H,3,9-10H2,1-2H3,(H2,19,20,21);1H. The maximum absolute atomic E-state index is 13.6. The molecule has 0 spiro atoms. The van der Waals surface area contributed by atoms with Gasteiger partial charge in [-0.2, -0.15) is 0 Å². The molecule has 0 aliphatic rings. The Bertz CT molecular complexity index is 655. The summed E-state index contributed by atoms with van der Waals surface area (Å²) < 4.78 is 28.7. The summed E-state index contributed by atoms with van der Waals surface area (Å²) >= 11 is 0. The van der Waals surface area contributed by atoms with Crippen LogP contribution in [0.5, 0.6) is 0 Å². The first-order valence-electron chi connectivity index (χ1n) is 7.15. The fraction of sp³-hybridized carbons (Fsp3) is 0.312. The molecule has 2 rings (SSSR count). The van der Waals surface area contributed by atoms with Gasteiger partial charge in [0.25, 0.3) is 0 Å². The smallest absolute Gasteiger partial charge is 0.191 e. The topological polar surface area (TPSA) is 41.4 Å². The predicted octanol–water partition coefficient (Wildman–Crippen LogP) is 3.18. The maximum atomic E-state index is 13.6. The number of nitrogens with one attached hydrogen (secondary N) is 2. The van der Waals surface area contributed by atoms with Crippen LogP contribution in [0.15, 0.2) is 41.7 Å². The summed E-state index contributed by atoms with van der Waals surface area (Å²) in [7, 11) is 1.95. The highest BCUT2D eigenvalue weighted by atomic mass is 127. The van der Waals surface area contributed by atoms with Crippen LogP contribution in [0, 0.1) is 11.6 Å². The lowest BCUT2D eigenvalue weighted by atomic mass is 10.2.